The number of carbonyl (C=O) groups is 4. The number of amides is 1. The van der Waals surface area contributed by atoms with Gasteiger partial charge in [0.25, 0.3) is 7.82 Å². The van der Waals surface area contributed by atoms with Crippen LogP contribution < -0.4 is 10.2 Å². The topological polar surface area (TPSA) is 226 Å². The number of nitrogens with one attached hydrogen (secondary N) is 1. The third-order valence-corrected chi connectivity index (χ3v) is 18.7. The quantitative estimate of drug-likeness (QED) is 0.0169. The first kappa shape index (κ1) is 96.1. The lowest BCUT2D eigenvalue weighted by atomic mass is 10.1. The zero-order valence-electron chi connectivity index (χ0n) is 63.5. The van der Waals surface area contributed by atoms with E-state index in [0.29, 0.717) is 25.7 Å². The minimum absolute atomic E-state index is 0.0770. The summed E-state index contributed by atoms with van der Waals surface area (Å²) in [4.78, 5) is 76.1. The number of allylic oxidation sites excluding steroid dienone is 16. The number of carbonyl (C=O) groups excluding carboxylic acids is 4. The van der Waals surface area contributed by atoms with Crippen molar-refractivity contribution in [1.82, 2.24) is 5.32 Å². The van der Waals surface area contributed by atoms with Crippen LogP contribution in [0.2, 0.25) is 0 Å². The van der Waals surface area contributed by atoms with Crippen molar-refractivity contribution in [2.75, 3.05) is 39.6 Å². The Morgan fingerprint density at radius 1 is 0.370 bits per heavy atom. The number of ether oxygens (including phenoxy) is 3. The third kappa shape index (κ3) is 72.4. The summed E-state index contributed by atoms with van der Waals surface area (Å²) in [5, 5.41) is 13.6. The second kappa shape index (κ2) is 73.4. The van der Waals surface area contributed by atoms with Crippen molar-refractivity contribution >= 4 is 45.5 Å². The molecule has 100 heavy (non-hydrogen) atoms. The fourth-order valence-electron chi connectivity index (χ4n) is 10.5. The summed E-state index contributed by atoms with van der Waals surface area (Å²) >= 11 is 0. The standard InChI is InChI=1S/C82H145NO15P2/c1-6-10-14-18-22-26-30-34-38-42-46-50-54-58-62-66-79(85)83-76(70-92-80(86)67-63-59-55-51-47-43-39-35-31-27-23-19-15-11-7-2)71-94-99(5,89)95-72-77(84)73-96-100(90,91)97-75-78(98-82(88)69-65-61-57-53-49-45-41-37-33-29-25-21-17-13-9-4)74-93-81(87)68-64-60-56-52-48-44-40-36-32-28-24-20-16-12-8-3/h26-33,38-45,76-78,84,89H,5-25,34-37,46-75H2,1-4H3,(H,83,85)(H,90,91)/p-1/b30-26-,31-27+,32-28-,33-29+,42-38-,43-39-,44-40-,45-41-. The number of esters is 3. The first-order valence-electron chi connectivity index (χ1n) is 39.7. The van der Waals surface area contributed by atoms with Gasteiger partial charge in [0.15, 0.2) is 6.10 Å². The molecule has 0 aliphatic heterocycles. The highest BCUT2D eigenvalue weighted by Crippen LogP contribution is 2.43. The van der Waals surface area contributed by atoms with Crippen LogP contribution in [0.1, 0.15) is 336 Å². The molecule has 18 heteroatoms. The molecule has 0 rings (SSSR count). The van der Waals surface area contributed by atoms with Gasteiger partial charge in [-0.3, -0.25) is 23.7 Å². The Labute approximate surface area is 609 Å². The predicted octanol–water partition coefficient (Wildman–Crippen LogP) is 21.8. The highest BCUT2D eigenvalue weighted by Gasteiger charge is 2.24. The van der Waals surface area contributed by atoms with Crippen LogP contribution in [0.3, 0.4) is 0 Å². The van der Waals surface area contributed by atoms with Gasteiger partial charge in [-0.15, -0.1) is 0 Å². The van der Waals surface area contributed by atoms with Crippen LogP contribution >= 0.6 is 15.4 Å². The predicted molar refractivity (Wildman–Crippen MR) is 415 cm³/mol. The van der Waals surface area contributed by atoms with Gasteiger partial charge < -0.3 is 52.5 Å². The van der Waals surface area contributed by atoms with Gasteiger partial charge in [-0.1, -0.05) is 253 Å². The molecular weight excluding hydrogens is 1300 g/mol. The van der Waals surface area contributed by atoms with Crippen LogP contribution in [-0.4, -0.2) is 98.0 Å². The van der Waals surface area contributed by atoms with Crippen molar-refractivity contribution in [3.05, 3.63) is 97.2 Å². The number of hydrogen-bond donors (Lipinski definition) is 3. The van der Waals surface area contributed by atoms with E-state index < -0.39 is 78.0 Å². The summed E-state index contributed by atoms with van der Waals surface area (Å²) in [6, 6.07) is -0.865. The van der Waals surface area contributed by atoms with Crippen molar-refractivity contribution < 1.29 is 70.9 Å². The number of rotatable bonds is 74. The highest BCUT2D eigenvalue weighted by molar-refractivity contribution is 7.58. The molecule has 0 aromatic rings. The lowest BCUT2D eigenvalue weighted by Crippen LogP contribution is -2.42. The molecular formula is C82H144NO15P2-. The molecule has 0 aliphatic carbocycles. The van der Waals surface area contributed by atoms with E-state index in [9.17, 15) is 38.6 Å². The molecule has 0 radical (unpaired) electrons. The zero-order chi connectivity index (χ0) is 73.2. The minimum atomic E-state index is -5.16. The molecule has 0 fully saturated rings. The van der Waals surface area contributed by atoms with E-state index in [4.69, 9.17) is 32.3 Å². The molecule has 1 amide bonds. The zero-order valence-corrected chi connectivity index (χ0v) is 65.2. The van der Waals surface area contributed by atoms with Crippen LogP contribution in [0.4, 0.5) is 0 Å². The summed E-state index contributed by atoms with van der Waals surface area (Å²) in [7, 11) is -9.13. The maximum atomic E-state index is 13.2. The normalized spacial score (nSPS) is 14.4. The Bertz CT molecular complexity index is 2120. The van der Waals surface area contributed by atoms with Crippen LogP contribution in [0.15, 0.2) is 97.2 Å². The van der Waals surface area contributed by atoms with Gasteiger partial charge in [-0.2, -0.15) is 0 Å². The molecule has 0 aromatic carbocycles. The van der Waals surface area contributed by atoms with Crippen molar-refractivity contribution in [3.8, 4) is 0 Å². The molecule has 0 aliphatic rings. The summed E-state index contributed by atoms with van der Waals surface area (Å²) in [6.45, 7) is 5.63. The van der Waals surface area contributed by atoms with E-state index in [1.165, 1.54) is 103 Å². The molecule has 0 bridgehead atoms. The van der Waals surface area contributed by atoms with E-state index in [0.717, 1.165) is 154 Å². The van der Waals surface area contributed by atoms with Crippen molar-refractivity contribution in [1.29, 1.82) is 0 Å². The van der Waals surface area contributed by atoms with Gasteiger partial charge >= 0.3 is 17.9 Å². The monoisotopic (exact) mass is 1450 g/mol. The molecule has 5 unspecified atom stereocenters. The summed E-state index contributed by atoms with van der Waals surface area (Å²) in [5.41, 5.74) is 0. The minimum Gasteiger partial charge on any atom is -0.756 e. The Kier molecular flexibility index (Phi) is 70.5. The average molecular weight is 1450 g/mol. The summed E-state index contributed by atoms with van der Waals surface area (Å²) < 4.78 is 50.8. The third-order valence-electron chi connectivity index (χ3n) is 16.7. The Morgan fingerprint density at radius 2 is 0.660 bits per heavy atom. The number of phosphoric acid groups is 1. The number of phosphoric ester groups is 1. The average Bonchev–Trinajstić information content (AvgIpc) is 1.17. The molecule has 0 saturated carbocycles. The van der Waals surface area contributed by atoms with E-state index in [2.05, 4.69) is 137 Å². The van der Waals surface area contributed by atoms with Gasteiger partial charge in [0.1, 0.15) is 19.3 Å². The van der Waals surface area contributed by atoms with Gasteiger partial charge in [-0.05, 0) is 160 Å². The van der Waals surface area contributed by atoms with Crippen LogP contribution in [0.5, 0.6) is 0 Å². The van der Waals surface area contributed by atoms with Gasteiger partial charge in [0.05, 0.1) is 32.5 Å². The Hall–Kier alpha value is -3.95. The molecule has 3 N–H and O–H groups in total. The SMILES string of the molecule is C=P(O)(OCC(O)COP(=O)([O-])OCC(COC(=O)CCCCCC/C=C\C/C=C\CCCCCC)OC(=O)CCCCCC/C=C\C/C=C/CCCCCC)OCC(COC(=O)CCCCCC/C=C\C/C=C/CCCCCC)NC(=O)CCCCCC/C=C\C/C=C\CCCCCC. The summed E-state index contributed by atoms with van der Waals surface area (Å²) in [6.07, 6.45) is 83.0. The van der Waals surface area contributed by atoms with Crippen molar-refractivity contribution in [3.63, 3.8) is 0 Å². The number of aliphatic hydroxyl groups excluding tert-OH is 1. The smallest absolute Gasteiger partial charge is 0.306 e. The molecule has 0 saturated heterocycles. The number of aliphatic hydroxyl groups is 1. The van der Waals surface area contributed by atoms with Crippen molar-refractivity contribution in [2.45, 2.75) is 354 Å². The molecule has 16 nitrogen and oxygen atoms in total. The van der Waals surface area contributed by atoms with E-state index >= 15 is 0 Å². The van der Waals surface area contributed by atoms with Crippen LogP contribution in [0.25, 0.3) is 0 Å². The largest absolute Gasteiger partial charge is 0.756 e. The molecule has 5 atom stereocenters. The molecule has 578 valence electrons. The van der Waals surface area contributed by atoms with E-state index in [1.54, 1.807) is 0 Å². The maximum absolute atomic E-state index is 13.2. The first-order valence-corrected chi connectivity index (χ1v) is 42.9. The van der Waals surface area contributed by atoms with Crippen LogP contribution in [0, 0.1) is 0 Å². The molecule has 0 aromatic heterocycles. The Balaban J connectivity index is 5.41. The van der Waals surface area contributed by atoms with E-state index in [-0.39, 0.29) is 44.8 Å². The lowest BCUT2D eigenvalue weighted by Gasteiger charge is -2.27. The molecule has 0 spiro atoms. The van der Waals surface area contributed by atoms with Gasteiger partial charge in [-0.25, -0.2) is 0 Å². The molecule has 0 heterocycles. The van der Waals surface area contributed by atoms with Gasteiger partial charge in [0, 0.05) is 25.7 Å². The Morgan fingerprint density at radius 3 is 1.02 bits per heavy atom. The van der Waals surface area contributed by atoms with E-state index in [1.807, 2.05) is 0 Å². The fraction of sp³-hybridized carbons (Fsp3) is 0.744. The van der Waals surface area contributed by atoms with Crippen molar-refractivity contribution in [2.24, 2.45) is 0 Å². The van der Waals surface area contributed by atoms with Crippen LogP contribution in [-0.2, 0) is 56.0 Å². The highest BCUT2D eigenvalue weighted by atomic mass is 31.2. The second-order valence-electron chi connectivity index (χ2n) is 26.6. The first-order chi connectivity index (χ1) is 48.7. The lowest BCUT2D eigenvalue weighted by molar-refractivity contribution is -0.230. The number of unbranched alkanes of at least 4 members (excludes halogenated alkanes) is 32. The summed E-state index contributed by atoms with van der Waals surface area (Å²) in [5.74, 6) is -1.81. The van der Waals surface area contributed by atoms with Gasteiger partial charge in [0.2, 0.25) is 13.5 Å². The second-order valence-corrected chi connectivity index (χ2v) is 29.8. The maximum Gasteiger partial charge on any atom is 0.306 e. The number of hydrogen-bond acceptors (Lipinski definition) is 15. The fourth-order valence-corrected chi connectivity index (χ4v) is 12.2.